The molecule has 10 nitrogen and oxygen atoms in total. The Morgan fingerprint density at radius 1 is 1.29 bits per heavy atom. The van der Waals surface area contributed by atoms with Crippen LogP contribution in [0.5, 0.6) is 0 Å². The Morgan fingerprint density at radius 2 is 2.12 bits per heavy atom. The van der Waals surface area contributed by atoms with Crippen molar-refractivity contribution in [3.63, 3.8) is 0 Å². The van der Waals surface area contributed by atoms with Gasteiger partial charge in [-0.3, -0.25) is 19.7 Å². The van der Waals surface area contributed by atoms with Gasteiger partial charge in [-0.2, -0.15) is 5.10 Å². The van der Waals surface area contributed by atoms with Gasteiger partial charge in [-0.05, 0) is 50.1 Å². The van der Waals surface area contributed by atoms with E-state index < -0.39 is 11.9 Å². The van der Waals surface area contributed by atoms with Gasteiger partial charge in [-0.15, -0.1) is 0 Å². The lowest BCUT2D eigenvalue weighted by Crippen LogP contribution is -2.52. The highest BCUT2D eigenvalue weighted by molar-refractivity contribution is 6.38. The number of piperidine rings is 1. The molecule has 2 aromatic rings. The highest BCUT2D eigenvalue weighted by Gasteiger charge is 2.39. The number of carbonyl (C=O) groups is 3. The van der Waals surface area contributed by atoms with E-state index >= 15 is 0 Å². The quantitative estimate of drug-likeness (QED) is 0.279. The Hall–Kier alpha value is -3.92. The number of ether oxygens (including phenoxy) is 1. The number of aliphatic imine (C=N–C) groups is 1. The smallest absolute Gasteiger partial charge is 0.255 e. The molecule has 1 aromatic carbocycles. The number of hydrogen-bond acceptors (Lipinski definition) is 8. The van der Waals surface area contributed by atoms with E-state index in [4.69, 9.17) is 10.6 Å². The summed E-state index contributed by atoms with van der Waals surface area (Å²) in [6.07, 6.45) is 2.14. The van der Waals surface area contributed by atoms with Crippen LogP contribution in [-0.2, 0) is 27.5 Å². The highest BCUT2D eigenvalue weighted by Crippen LogP contribution is 2.28. The van der Waals surface area contributed by atoms with Gasteiger partial charge in [-0.1, -0.05) is 12.1 Å². The number of nitrogens with one attached hydrogen (secondary N) is 1. The van der Waals surface area contributed by atoms with Crippen LogP contribution in [0.25, 0.3) is 0 Å². The largest absolute Gasteiger partial charge is 0.373 e. The van der Waals surface area contributed by atoms with Crippen molar-refractivity contribution in [1.82, 2.24) is 15.2 Å². The highest BCUT2D eigenvalue weighted by atomic mass is 16.5. The van der Waals surface area contributed by atoms with Crippen molar-refractivity contribution in [3.05, 3.63) is 58.8 Å². The molecular formula is C24H26N6O4. The minimum absolute atomic E-state index is 0.0996. The summed E-state index contributed by atoms with van der Waals surface area (Å²) in [5, 5.41) is 6.15. The molecule has 2 aliphatic heterocycles. The van der Waals surface area contributed by atoms with Gasteiger partial charge in [-0.25, -0.2) is 9.98 Å². The molecular weight excluding hydrogens is 436 g/mol. The van der Waals surface area contributed by atoms with Gasteiger partial charge in [0.05, 0.1) is 24.6 Å². The molecule has 0 spiro atoms. The van der Waals surface area contributed by atoms with Crippen LogP contribution in [-0.4, -0.2) is 51.7 Å². The third-order valence-electron chi connectivity index (χ3n) is 5.63. The number of amides is 3. The maximum atomic E-state index is 12.9. The molecule has 2 aliphatic rings. The van der Waals surface area contributed by atoms with Crippen LogP contribution in [0.15, 0.2) is 46.5 Å². The topological polar surface area (TPSA) is 139 Å². The Balaban J connectivity index is 1.50. The summed E-state index contributed by atoms with van der Waals surface area (Å²) in [4.78, 5) is 46.9. The minimum Gasteiger partial charge on any atom is -0.373 e. The summed E-state index contributed by atoms with van der Waals surface area (Å²) >= 11 is 0. The molecule has 3 N–H and O–H groups in total. The molecule has 1 aromatic heterocycles. The number of nitrogens with two attached hydrogens (primary N) is 1. The molecule has 1 atom stereocenters. The summed E-state index contributed by atoms with van der Waals surface area (Å²) in [5.74, 6) is 5.12. The summed E-state index contributed by atoms with van der Waals surface area (Å²) < 4.78 is 5.58. The molecule has 0 bridgehead atoms. The van der Waals surface area contributed by atoms with E-state index in [1.807, 2.05) is 32.0 Å². The number of rotatable bonds is 7. The Kier molecular flexibility index (Phi) is 6.78. The molecule has 0 aliphatic carbocycles. The van der Waals surface area contributed by atoms with Crippen molar-refractivity contribution in [2.45, 2.75) is 52.0 Å². The van der Waals surface area contributed by atoms with Crippen LogP contribution in [0, 0.1) is 0 Å². The van der Waals surface area contributed by atoms with E-state index in [9.17, 15) is 14.4 Å². The van der Waals surface area contributed by atoms with Gasteiger partial charge in [0.1, 0.15) is 11.8 Å². The van der Waals surface area contributed by atoms with E-state index in [0.29, 0.717) is 35.7 Å². The minimum atomic E-state index is -0.664. The van der Waals surface area contributed by atoms with Crippen molar-refractivity contribution in [3.8, 4) is 0 Å². The molecule has 1 saturated heterocycles. The number of benzene rings is 1. The predicted octanol–water partition coefficient (Wildman–Crippen LogP) is 1.83. The fourth-order valence-corrected chi connectivity index (χ4v) is 3.91. The number of fused-ring (bicyclic) bond motifs is 1. The molecule has 34 heavy (non-hydrogen) atoms. The van der Waals surface area contributed by atoms with Crippen LogP contribution < -0.4 is 11.2 Å². The Bertz CT molecular complexity index is 1190. The predicted molar refractivity (Wildman–Crippen MR) is 126 cm³/mol. The number of carbonyl (C=O) groups excluding carboxylic acids is 3. The van der Waals surface area contributed by atoms with Crippen molar-refractivity contribution < 1.29 is 19.1 Å². The van der Waals surface area contributed by atoms with E-state index in [1.165, 1.54) is 11.1 Å². The average molecular weight is 463 g/mol. The van der Waals surface area contributed by atoms with Crippen molar-refractivity contribution in [2.24, 2.45) is 15.9 Å². The summed E-state index contributed by atoms with van der Waals surface area (Å²) in [5.41, 5.74) is 3.13. The van der Waals surface area contributed by atoms with Crippen LogP contribution in [0.2, 0.25) is 0 Å². The number of nitrogens with zero attached hydrogens (tertiary/aromatic N) is 4. The van der Waals surface area contributed by atoms with Crippen molar-refractivity contribution >= 4 is 35.5 Å². The number of hydrogen-bond donors (Lipinski definition) is 2. The van der Waals surface area contributed by atoms with E-state index in [-0.39, 0.29) is 30.9 Å². The molecule has 1 fully saturated rings. The lowest BCUT2D eigenvalue weighted by molar-refractivity contribution is -0.136. The van der Waals surface area contributed by atoms with Gasteiger partial charge in [0.25, 0.3) is 5.91 Å². The number of hydrazone groups is 1. The van der Waals surface area contributed by atoms with Gasteiger partial charge in [0, 0.05) is 24.1 Å². The van der Waals surface area contributed by atoms with Crippen LogP contribution in [0.3, 0.4) is 0 Å². The number of imide groups is 1. The van der Waals surface area contributed by atoms with E-state index in [0.717, 1.165) is 11.3 Å². The monoisotopic (exact) mass is 462 g/mol. The second kappa shape index (κ2) is 9.92. The summed E-state index contributed by atoms with van der Waals surface area (Å²) in [6.45, 7) is 4.57. The fraction of sp³-hybridized carbons (Fsp3) is 0.333. The first kappa shape index (κ1) is 23.2. The Labute approximate surface area is 196 Å². The third-order valence-corrected chi connectivity index (χ3v) is 5.63. The first-order valence-corrected chi connectivity index (χ1v) is 11.0. The lowest BCUT2D eigenvalue weighted by atomic mass is 10.0. The zero-order valence-electron chi connectivity index (χ0n) is 19.0. The van der Waals surface area contributed by atoms with Gasteiger partial charge in [0.15, 0.2) is 5.82 Å². The molecule has 0 radical (unpaired) electrons. The van der Waals surface area contributed by atoms with Gasteiger partial charge < -0.3 is 15.5 Å². The van der Waals surface area contributed by atoms with Crippen molar-refractivity contribution in [2.75, 3.05) is 0 Å². The zero-order chi connectivity index (χ0) is 24.2. The number of pyridine rings is 1. The summed E-state index contributed by atoms with van der Waals surface area (Å²) in [6, 6.07) is 10.1. The molecule has 176 valence electrons. The first-order valence-electron chi connectivity index (χ1n) is 11.0. The van der Waals surface area contributed by atoms with Crippen LogP contribution in [0.4, 0.5) is 5.82 Å². The average Bonchev–Trinajstić information content (AvgIpc) is 3.14. The maximum Gasteiger partial charge on any atom is 0.255 e. The lowest BCUT2D eigenvalue weighted by Gasteiger charge is -2.29. The second-order valence-corrected chi connectivity index (χ2v) is 8.39. The fourth-order valence-electron chi connectivity index (χ4n) is 3.91. The molecule has 3 amide bonds. The van der Waals surface area contributed by atoms with Crippen LogP contribution >= 0.6 is 0 Å². The molecule has 10 heteroatoms. The van der Waals surface area contributed by atoms with Gasteiger partial charge >= 0.3 is 0 Å². The third kappa shape index (κ3) is 5.01. The molecule has 3 heterocycles. The maximum absolute atomic E-state index is 12.9. The molecule has 1 unspecified atom stereocenters. The number of aromatic nitrogens is 1. The van der Waals surface area contributed by atoms with E-state index in [1.54, 1.807) is 18.2 Å². The van der Waals surface area contributed by atoms with Crippen LogP contribution in [0.1, 0.15) is 53.9 Å². The zero-order valence-corrected chi connectivity index (χ0v) is 19.0. The van der Waals surface area contributed by atoms with Crippen molar-refractivity contribution in [1.29, 1.82) is 0 Å². The molecule has 4 rings (SSSR count). The first-order chi connectivity index (χ1) is 16.4. The second-order valence-electron chi connectivity index (χ2n) is 8.39. The summed E-state index contributed by atoms with van der Waals surface area (Å²) in [7, 11) is 0. The van der Waals surface area contributed by atoms with E-state index in [2.05, 4.69) is 20.4 Å². The molecule has 0 saturated carbocycles. The standard InChI is InChI=1S/C24H26N6O4/c1-14(2)34-13-17-4-3-5-21(27-17)26-11-19(29-25)15-6-7-18-16(10-15)12-30(24(18)33)20-8-9-22(31)28-23(20)32/h3-7,10-11,14,20H,8-9,12-13,25H2,1-2H3,(H,28,31,32)/b26-11+,29-19+. The van der Waals surface area contributed by atoms with Gasteiger partial charge in [0.2, 0.25) is 11.8 Å². The Morgan fingerprint density at radius 3 is 2.85 bits per heavy atom. The normalized spacial score (nSPS) is 18.7. The SMILES string of the molecule is CC(C)OCc1cccc(/N=C/C(=N\N)c2ccc3c(c2)CN(C2CCC(=O)NC2=O)C3=O)n1.